The van der Waals surface area contributed by atoms with Gasteiger partial charge in [0.05, 0.1) is 6.61 Å². The number of likely N-dealkylation sites (N-methyl/N-ethyl adjacent to an activating group) is 1. The maximum atomic E-state index is 10.1. The van der Waals surface area contributed by atoms with E-state index in [0.29, 0.717) is 4.76 Å². The Kier molecular flexibility index (Phi) is 7.12. The number of rotatable bonds is 3. The van der Waals surface area contributed by atoms with Gasteiger partial charge in [0.25, 0.3) is 0 Å². The molecule has 0 aliphatic rings. The van der Waals surface area contributed by atoms with Gasteiger partial charge < -0.3 is 10.2 Å². The zero-order valence-corrected chi connectivity index (χ0v) is 4.74. The number of hydrogen-bond acceptors (Lipinski definition) is 3. The number of hydrogen-bond donors (Lipinski definition) is 2. The minimum Gasteiger partial charge on any atom is -0.393 e. The molecule has 0 spiro atoms. The third kappa shape index (κ3) is 7.52. The van der Waals surface area contributed by atoms with Crippen molar-refractivity contribution in [2.24, 2.45) is 0 Å². The second-order valence-corrected chi connectivity index (χ2v) is 1.65. The monoisotopic (exact) mass is 136 g/mol. The SMILES string of the molecule is C.C[N+](=O)CC(O)CO. The van der Waals surface area contributed by atoms with Gasteiger partial charge in [0, 0.05) is 4.91 Å². The summed E-state index contributed by atoms with van der Waals surface area (Å²) in [4.78, 5) is 10.1. The van der Waals surface area contributed by atoms with Crippen molar-refractivity contribution in [1.29, 1.82) is 0 Å². The van der Waals surface area contributed by atoms with Crippen LogP contribution in [-0.2, 0) is 0 Å². The molecule has 2 N–H and O–H groups in total. The Balaban J connectivity index is 0. The molecular weight excluding hydrogens is 122 g/mol. The van der Waals surface area contributed by atoms with E-state index in [0.717, 1.165) is 0 Å². The summed E-state index contributed by atoms with van der Waals surface area (Å²) in [7, 11) is 1.29. The maximum Gasteiger partial charge on any atom is 0.219 e. The highest BCUT2D eigenvalue weighted by Crippen LogP contribution is 1.78. The lowest BCUT2D eigenvalue weighted by molar-refractivity contribution is -0.528. The summed E-state index contributed by atoms with van der Waals surface area (Å²) in [6, 6.07) is 0. The summed E-state index contributed by atoms with van der Waals surface area (Å²) >= 11 is 0. The summed E-state index contributed by atoms with van der Waals surface area (Å²) in [5.74, 6) is 0. The maximum absolute atomic E-state index is 10.1. The van der Waals surface area contributed by atoms with Gasteiger partial charge in [0.2, 0.25) is 6.54 Å². The molecule has 0 saturated heterocycles. The molecule has 0 saturated carbocycles. The lowest BCUT2D eigenvalue weighted by Crippen LogP contribution is -2.23. The average molecular weight is 136 g/mol. The Morgan fingerprint density at radius 2 is 2.11 bits per heavy atom. The Hall–Kier alpha value is -0.480. The van der Waals surface area contributed by atoms with Gasteiger partial charge in [-0.05, 0) is 4.76 Å². The van der Waals surface area contributed by atoms with Crippen LogP contribution in [0.15, 0.2) is 0 Å². The molecule has 0 rings (SSSR count). The van der Waals surface area contributed by atoms with Crippen LogP contribution in [0.2, 0.25) is 0 Å². The van der Waals surface area contributed by atoms with Crippen LogP contribution < -0.4 is 0 Å². The van der Waals surface area contributed by atoms with Crippen LogP contribution in [0, 0.1) is 4.91 Å². The Labute approximate surface area is 54.7 Å². The number of nitroso groups, excluding NO2 is 1. The zero-order chi connectivity index (χ0) is 6.57. The van der Waals surface area contributed by atoms with E-state index in [1.165, 1.54) is 7.05 Å². The van der Waals surface area contributed by atoms with Gasteiger partial charge in [-0.1, -0.05) is 7.43 Å². The molecule has 4 heteroatoms. The molecule has 0 aliphatic carbocycles. The van der Waals surface area contributed by atoms with E-state index < -0.39 is 6.10 Å². The molecule has 1 unspecified atom stereocenters. The van der Waals surface area contributed by atoms with Crippen molar-refractivity contribution in [2.45, 2.75) is 13.5 Å². The van der Waals surface area contributed by atoms with Crippen molar-refractivity contribution in [3.05, 3.63) is 4.91 Å². The summed E-state index contributed by atoms with van der Waals surface area (Å²) in [6.45, 7) is -0.386. The molecule has 0 heterocycles. The van der Waals surface area contributed by atoms with Crippen LogP contribution in [0.3, 0.4) is 0 Å². The van der Waals surface area contributed by atoms with Gasteiger partial charge in [-0.15, -0.1) is 0 Å². The van der Waals surface area contributed by atoms with Crippen LogP contribution >= 0.6 is 0 Å². The molecule has 56 valence electrons. The number of aliphatic hydroxyl groups is 2. The van der Waals surface area contributed by atoms with Gasteiger partial charge in [-0.2, -0.15) is 0 Å². The highest BCUT2D eigenvalue weighted by atomic mass is 16.3. The zero-order valence-electron chi connectivity index (χ0n) is 4.74. The summed E-state index contributed by atoms with van der Waals surface area (Å²) in [5, 5.41) is 16.7. The fourth-order valence-corrected chi connectivity index (χ4v) is 0.355. The van der Waals surface area contributed by atoms with E-state index in [1.807, 2.05) is 0 Å². The Morgan fingerprint density at radius 1 is 1.67 bits per heavy atom. The third-order valence-electron chi connectivity index (χ3n) is 0.679. The summed E-state index contributed by atoms with van der Waals surface area (Å²) in [6.07, 6.45) is -0.905. The minimum atomic E-state index is -0.905. The predicted octanol–water partition coefficient (Wildman–Crippen LogP) is -0.616. The largest absolute Gasteiger partial charge is 0.393 e. The fraction of sp³-hybridized carbons (Fsp3) is 1.00. The van der Waals surface area contributed by atoms with Crippen LogP contribution in [0.5, 0.6) is 0 Å². The van der Waals surface area contributed by atoms with Crippen molar-refractivity contribution in [2.75, 3.05) is 20.2 Å². The van der Waals surface area contributed by atoms with E-state index in [1.54, 1.807) is 0 Å². The van der Waals surface area contributed by atoms with Crippen LogP contribution in [-0.4, -0.2) is 41.3 Å². The van der Waals surface area contributed by atoms with E-state index in [2.05, 4.69) is 0 Å². The quantitative estimate of drug-likeness (QED) is 0.508. The molecule has 0 amide bonds. The first kappa shape index (κ1) is 11.3. The van der Waals surface area contributed by atoms with Crippen molar-refractivity contribution in [3.8, 4) is 0 Å². The van der Waals surface area contributed by atoms with E-state index in [9.17, 15) is 4.91 Å². The van der Waals surface area contributed by atoms with E-state index in [4.69, 9.17) is 10.2 Å². The molecule has 9 heavy (non-hydrogen) atoms. The first-order valence-corrected chi connectivity index (χ1v) is 2.34. The lowest BCUT2D eigenvalue weighted by Gasteiger charge is -1.95. The first-order chi connectivity index (χ1) is 3.66. The summed E-state index contributed by atoms with van der Waals surface area (Å²) < 4.78 is 0.570. The molecule has 0 radical (unpaired) electrons. The lowest BCUT2D eigenvalue weighted by atomic mass is 10.4. The molecule has 4 nitrogen and oxygen atoms in total. The van der Waals surface area contributed by atoms with Crippen LogP contribution in [0.4, 0.5) is 0 Å². The molecule has 0 aromatic rings. The van der Waals surface area contributed by atoms with Gasteiger partial charge in [-0.3, -0.25) is 0 Å². The Bertz CT molecular complexity index is 84.3. The average Bonchev–Trinajstić information content (AvgIpc) is 1.65. The van der Waals surface area contributed by atoms with Gasteiger partial charge in [0.15, 0.2) is 7.05 Å². The van der Waals surface area contributed by atoms with Gasteiger partial charge in [0.1, 0.15) is 6.10 Å². The minimum absolute atomic E-state index is 0. The standard InChI is InChI=1S/C4H10NO3.CH4/c1-5(8)2-4(7)3-6;/h4,6-7H,2-3H2,1H3;1H4/q+1;. The molecule has 0 aliphatic heterocycles. The molecular formula is C5H14NO3+. The third-order valence-corrected chi connectivity index (χ3v) is 0.679. The number of nitrogens with zero attached hydrogens (tertiary/aromatic N) is 1. The van der Waals surface area contributed by atoms with E-state index in [-0.39, 0.29) is 20.6 Å². The molecule has 1 atom stereocenters. The predicted molar refractivity (Wildman–Crippen MR) is 34.2 cm³/mol. The molecule has 0 aromatic carbocycles. The van der Waals surface area contributed by atoms with Gasteiger partial charge >= 0.3 is 0 Å². The first-order valence-electron chi connectivity index (χ1n) is 2.34. The van der Waals surface area contributed by atoms with E-state index >= 15 is 0 Å². The molecule has 0 fully saturated rings. The number of aliphatic hydroxyl groups excluding tert-OH is 2. The second kappa shape index (κ2) is 5.65. The van der Waals surface area contributed by atoms with Crippen molar-refractivity contribution < 1.29 is 15.0 Å². The van der Waals surface area contributed by atoms with Crippen LogP contribution in [0.1, 0.15) is 7.43 Å². The van der Waals surface area contributed by atoms with Crippen molar-refractivity contribution in [1.82, 2.24) is 0 Å². The van der Waals surface area contributed by atoms with Crippen LogP contribution in [0.25, 0.3) is 0 Å². The molecule has 0 bridgehead atoms. The van der Waals surface area contributed by atoms with Crippen molar-refractivity contribution in [3.63, 3.8) is 0 Å². The second-order valence-electron chi connectivity index (χ2n) is 1.65. The Morgan fingerprint density at radius 3 is 2.22 bits per heavy atom. The smallest absolute Gasteiger partial charge is 0.219 e. The summed E-state index contributed by atoms with van der Waals surface area (Å²) in [5.41, 5.74) is 0. The van der Waals surface area contributed by atoms with Gasteiger partial charge in [-0.25, -0.2) is 0 Å². The highest BCUT2D eigenvalue weighted by molar-refractivity contribution is 4.45. The molecule has 0 aromatic heterocycles. The fourth-order valence-electron chi connectivity index (χ4n) is 0.355. The van der Waals surface area contributed by atoms with Crippen molar-refractivity contribution >= 4 is 0 Å². The normalized spacial score (nSPS) is 11.9. The highest BCUT2D eigenvalue weighted by Gasteiger charge is 2.08. The topological polar surface area (TPSA) is 60.5 Å².